The van der Waals surface area contributed by atoms with Crippen LogP contribution in [0.15, 0.2) is 24.3 Å². The molecule has 0 saturated heterocycles. The van der Waals surface area contributed by atoms with Crippen molar-refractivity contribution in [2.75, 3.05) is 7.11 Å². The fourth-order valence-corrected chi connectivity index (χ4v) is 2.37. The molecule has 18 heavy (non-hydrogen) atoms. The number of ether oxygens (including phenoxy) is 1. The molecule has 0 spiro atoms. The van der Waals surface area contributed by atoms with E-state index in [9.17, 15) is 9.90 Å². The fraction of sp³-hybridized carbons (Fsp3) is 0.500. The van der Waals surface area contributed by atoms with Gasteiger partial charge in [0.1, 0.15) is 12.4 Å². The minimum atomic E-state index is -1.25. The van der Waals surface area contributed by atoms with E-state index in [1.165, 1.54) is 7.11 Å². The monoisotopic (exact) mass is 249 g/mol. The van der Waals surface area contributed by atoms with Gasteiger partial charge in [-0.25, -0.2) is 0 Å². The summed E-state index contributed by atoms with van der Waals surface area (Å²) < 4.78 is 5.35. The highest BCUT2D eigenvalue weighted by Gasteiger charge is 2.42. The maximum Gasteiger partial charge on any atom is 0.168 e. The lowest BCUT2D eigenvalue weighted by Gasteiger charge is -2.41. The molecule has 2 rings (SSSR count). The molecule has 0 aliphatic heterocycles. The van der Waals surface area contributed by atoms with Gasteiger partial charge < -0.3 is 9.84 Å². The van der Waals surface area contributed by atoms with Crippen LogP contribution in [-0.4, -0.2) is 24.6 Å². The van der Waals surface area contributed by atoms with Gasteiger partial charge in [-0.15, -0.1) is 0 Å². The lowest BCUT2D eigenvalue weighted by molar-refractivity contribution is -0.139. The number of carbonyl (C=O) groups excluding carboxylic acids is 1. The second kappa shape index (κ2) is 5.18. The normalized spacial score (nSPS) is 20.8. The zero-order valence-electron chi connectivity index (χ0n) is 10.5. The van der Waals surface area contributed by atoms with Crippen LogP contribution >= 0.6 is 0 Å². The summed E-state index contributed by atoms with van der Waals surface area (Å²) in [5.74, 6) is 0.176. The minimum absolute atomic E-state index is 0.176. The molecule has 1 aliphatic rings. The first-order valence-electron chi connectivity index (χ1n) is 6.19. The highest BCUT2D eigenvalue weighted by atomic mass is 16.5. The zero-order valence-corrected chi connectivity index (χ0v) is 10.5. The van der Waals surface area contributed by atoms with E-state index in [1.807, 2.05) is 0 Å². The lowest BCUT2D eigenvalue weighted by atomic mass is 9.76. The topological polar surface area (TPSA) is 72.5 Å². The molecule has 1 aromatic rings. The van der Waals surface area contributed by atoms with E-state index in [0.29, 0.717) is 11.1 Å². The Labute approximate surface area is 107 Å². The molecule has 2 atom stereocenters. The van der Waals surface area contributed by atoms with Crippen LogP contribution in [-0.2, 0) is 10.5 Å². The Morgan fingerprint density at radius 2 is 2.28 bits per heavy atom. The molecule has 3 N–H and O–H groups in total. The average Bonchev–Trinajstić information content (AvgIpc) is 2.35. The SMILES string of the molecule is CO[C@](N)(c1cccc(C=O)c1)[C@H](O)C1CCC1. The van der Waals surface area contributed by atoms with Crippen LogP contribution in [0, 0.1) is 5.92 Å². The standard InChI is InChI=1S/C14H19NO3/c1-18-14(15,13(17)11-5-3-6-11)12-7-2-4-10(8-12)9-16/h2,4,7-9,11,13,17H,3,5-6,15H2,1H3/t13-,14-/m1/s1. The van der Waals surface area contributed by atoms with Gasteiger partial charge in [0.2, 0.25) is 0 Å². The van der Waals surface area contributed by atoms with Gasteiger partial charge >= 0.3 is 0 Å². The van der Waals surface area contributed by atoms with Crippen LogP contribution in [0.5, 0.6) is 0 Å². The van der Waals surface area contributed by atoms with Crippen molar-refractivity contribution in [3.8, 4) is 0 Å². The molecular weight excluding hydrogens is 230 g/mol. The van der Waals surface area contributed by atoms with E-state index in [1.54, 1.807) is 24.3 Å². The molecule has 0 amide bonds. The first-order valence-corrected chi connectivity index (χ1v) is 6.19. The predicted octanol–water partition coefficient (Wildman–Crippen LogP) is 1.42. The third-order valence-electron chi connectivity index (χ3n) is 3.85. The number of benzene rings is 1. The molecule has 1 saturated carbocycles. The Morgan fingerprint density at radius 3 is 2.78 bits per heavy atom. The highest BCUT2D eigenvalue weighted by molar-refractivity contribution is 5.75. The number of nitrogens with two attached hydrogens (primary N) is 1. The first-order chi connectivity index (χ1) is 8.61. The van der Waals surface area contributed by atoms with Gasteiger partial charge in [-0.05, 0) is 24.8 Å². The average molecular weight is 249 g/mol. The Balaban J connectivity index is 2.31. The number of rotatable bonds is 5. The third kappa shape index (κ3) is 2.19. The molecule has 0 heterocycles. The van der Waals surface area contributed by atoms with Crippen molar-refractivity contribution in [3.63, 3.8) is 0 Å². The Hall–Kier alpha value is -1.23. The van der Waals surface area contributed by atoms with E-state index in [4.69, 9.17) is 10.5 Å². The highest BCUT2D eigenvalue weighted by Crippen LogP contribution is 2.37. The quantitative estimate of drug-likeness (QED) is 0.611. The number of hydrogen-bond donors (Lipinski definition) is 2. The number of hydrogen-bond acceptors (Lipinski definition) is 4. The smallest absolute Gasteiger partial charge is 0.168 e. The van der Waals surface area contributed by atoms with E-state index in [0.717, 1.165) is 25.5 Å². The summed E-state index contributed by atoms with van der Waals surface area (Å²) in [6.07, 6.45) is 3.07. The van der Waals surface area contributed by atoms with Crippen molar-refractivity contribution >= 4 is 6.29 Å². The van der Waals surface area contributed by atoms with Gasteiger partial charge in [-0.2, -0.15) is 0 Å². The van der Waals surface area contributed by atoms with Gasteiger partial charge in [0.15, 0.2) is 5.72 Å². The van der Waals surface area contributed by atoms with Crippen molar-refractivity contribution in [3.05, 3.63) is 35.4 Å². The first kappa shape index (κ1) is 13.2. The molecule has 0 radical (unpaired) electrons. The van der Waals surface area contributed by atoms with Crippen LogP contribution in [0.2, 0.25) is 0 Å². The van der Waals surface area contributed by atoms with Crippen LogP contribution in [0.3, 0.4) is 0 Å². The van der Waals surface area contributed by atoms with Crippen molar-refractivity contribution < 1.29 is 14.6 Å². The van der Waals surface area contributed by atoms with Gasteiger partial charge in [-0.3, -0.25) is 10.5 Å². The van der Waals surface area contributed by atoms with Crippen LogP contribution < -0.4 is 5.73 Å². The minimum Gasteiger partial charge on any atom is -0.388 e. The van der Waals surface area contributed by atoms with Crippen LogP contribution in [0.1, 0.15) is 35.2 Å². The Bertz CT molecular complexity index is 431. The molecule has 4 nitrogen and oxygen atoms in total. The Kier molecular flexibility index (Phi) is 3.80. The van der Waals surface area contributed by atoms with Crippen molar-refractivity contribution in [2.24, 2.45) is 11.7 Å². The molecule has 4 heteroatoms. The molecule has 1 fully saturated rings. The molecular formula is C14H19NO3. The summed E-state index contributed by atoms with van der Waals surface area (Å²) in [5.41, 5.74) is 6.12. The maximum atomic E-state index is 10.8. The van der Waals surface area contributed by atoms with E-state index in [-0.39, 0.29) is 5.92 Å². The van der Waals surface area contributed by atoms with Crippen molar-refractivity contribution in [1.29, 1.82) is 0 Å². The van der Waals surface area contributed by atoms with Crippen molar-refractivity contribution in [1.82, 2.24) is 0 Å². The summed E-state index contributed by atoms with van der Waals surface area (Å²) in [6, 6.07) is 6.88. The summed E-state index contributed by atoms with van der Waals surface area (Å²) in [7, 11) is 1.48. The van der Waals surface area contributed by atoms with E-state index >= 15 is 0 Å². The summed E-state index contributed by atoms with van der Waals surface area (Å²) in [6.45, 7) is 0. The van der Waals surface area contributed by atoms with Crippen LogP contribution in [0.4, 0.5) is 0 Å². The van der Waals surface area contributed by atoms with Gasteiger partial charge in [0.25, 0.3) is 0 Å². The number of aldehydes is 1. The van der Waals surface area contributed by atoms with Gasteiger partial charge in [-0.1, -0.05) is 24.6 Å². The summed E-state index contributed by atoms with van der Waals surface area (Å²) in [5, 5.41) is 10.4. The lowest BCUT2D eigenvalue weighted by Crippen LogP contribution is -2.54. The number of aliphatic hydroxyl groups excluding tert-OH is 1. The second-order valence-electron chi connectivity index (χ2n) is 4.88. The molecule has 1 aromatic carbocycles. The zero-order chi connectivity index (χ0) is 13.2. The second-order valence-corrected chi connectivity index (χ2v) is 4.88. The van der Waals surface area contributed by atoms with Crippen molar-refractivity contribution in [2.45, 2.75) is 31.1 Å². The molecule has 0 aromatic heterocycles. The largest absolute Gasteiger partial charge is 0.388 e. The fourth-order valence-electron chi connectivity index (χ4n) is 2.37. The molecule has 1 aliphatic carbocycles. The molecule has 98 valence electrons. The van der Waals surface area contributed by atoms with E-state index < -0.39 is 11.8 Å². The molecule has 0 unspecified atom stereocenters. The third-order valence-corrected chi connectivity index (χ3v) is 3.85. The maximum absolute atomic E-state index is 10.8. The van der Waals surface area contributed by atoms with Gasteiger partial charge in [0, 0.05) is 18.2 Å². The van der Waals surface area contributed by atoms with Gasteiger partial charge in [0.05, 0.1) is 0 Å². The summed E-state index contributed by atoms with van der Waals surface area (Å²) >= 11 is 0. The predicted molar refractivity (Wildman–Crippen MR) is 68.1 cm³/mol. The molecule has 0 bridgehead atoms. The Morgan fingerprint density at radius 1 is 1.56 bits per heavy atom. The number of carbonyl (C=O) groups is 1. The number of methoxy groups -OCH3 is 1. The van der Waals surface area contributed by atoms with E-state index in [2.05, 4.69) is 0 Å². The number of aliphatic hydroxyl groups is 1. The summed E-state index contributed by atoms with van der Waals surface area (Å²) in [4.78, 5) is 10.8. The van der Waals surface area contributed by atoms with Crippen LogP contribution in [0.25, 0.3) is 0 Å².